The van der Waals surface area contributed by atoms with Gasteiger partial charge in [0.2, 0.25) is 0 Å². The van der Waals surface area contributed by atoms with E-state index < -0.39 is 0 Å². The molecule has 1 saturated carbocycles. The van der Waals surface area contributed by atoms with Gasteiger partial charge in [0.15, 0.2) is 0 Å². The van der Waals surface area contributed by atoms with Crippen LogP contribution in [0.1, 0.15) is 35.2 Å². The van der Waals surface area contributed by atoms with E-state index in [-0.39, 0.29) is 5.91 Å². The third-order valence-corrected chi connectivity index (χ3v) is 3.54. The summed E-state index contributed by atoms with van der Waals surface area (Å²) in [5, 5.41) is 3.00. The minimum atomic E-state index is 0.0382. The molecule has 1 aromatic rings. The van der Waals surface area contributed by atoms with E-state index in [4.69, 9.17) is 0 Å². The lowest BCUT2D eigenvalue weighted by molar-refractivity contribution is 0.0939. The van der Waals surface area contributed by atoms with Gasteiger partial charge in [-0.15, -0.1) is 0 Å². The lowest BCUT2D eigenvalue weighted by Gasteiger charge is -2.25. The van der Waals surface area contributed by atoms with E-state index in [0.717, 1.165) is 22.1 Å². The molecule has 1 aliphatic carbocycles. The second-order valence-corrected chi connectivity index (χ2v) is 5.44. The van der Waals surface area contributed by atoms with Crippen LogP contribution in [0.4, 0.5) is 0 Å². The summed E-state index contributed by atoms with van der Waals surface area (Å²) < 4.78 is 0.960. The average Bonchev–Trinajstić information content (AvgIpc) is 2.13. The summed E-state index contributed by atoms with van der Waals surface area (Å²) >= 11 is 3.41. The Hall–Kier alpha value is -0.830. The van der Waals surface area contributed by atoms with E-state index >= 15 is 0 Å². The molecule has 2 rings (SSSR count). The topological polar surface area (TPSA) is 29.1 Å². The number of nitrogens with one attached hydrogen (secondary N) is 1. The fourth-order valence-electron chi connectivity index (χ4n) is 1.90. The van der Waals surface area contributed by atoms with Gasteiger partial charge in [0, 0.05) is 16.6 Å². The van der Waals surface area contributed by atoms with Crippen LogP contribution in [0.2, 0.25) is 0 Å². The Morgan fingerprint density at radius 1 is 1.44 bits per heavy atom. The van der Waals surface area contributed by atoms with E-state index in [0.29, 0.717) is 5.92 Å². The molecule has 1 aliphatic rings. The van der Waals surface area contributed by atoms with Crippen molar-refractivity contribution in [2.75, 3.05) is 6.54 Å². The van der Waals surface area contributed by atoms with Crippen LogP contribution in [0, 0.1) is 12.8 Å². The number of benzene rings is 1. The molecule has 86 valence electrons. The highest BCUT2D eigenvalue weighted by atomic mass is 79.9. The number of amides is 1. The molecule has 0 aromatic heterocycles. The maximum absolute atomic E-state index is 11.9. The zero-order valence-corrected chi connectivity index (χ0v) is 11.0. The predicted molar refractivity (Wildman–Crippen MR) is 68.6 cm³/mol. The van der Waals surface area contributed by atoms with Gasteiger partial charge in [-0.1, -0.05) is 22.4 Å². The van der Waals surface area contributed by atoms with Gasteiger partial charge in [0.05, 0.1) is 0 Å². The Labute approximate surface area is 105 Å². The molecule has 0 saturated heterocycles. The third kappa shape index (κ3) is 2.85. The van der Waals surface area contributed by atoms with Crippen LogP contribution in [0.5, 0.6) is 0 Å². The molecule has 1 N–H and O–H groups in total. The molecule has 3 heteroatoms. The Bertz CT molecular complexity index is 379. The van der Waals surface area contributed by atoms with Crippen LogP contribution in [-0.4, -0.2) is 12.5 Å². The summed E-state index contributed by atoms with van der Waals surface area (Å²) in [7, 11) is 0. The van der Waals surface area contributed by atoms with E-state index in [1.807, 2.05) is 25.1 Å². The lowest BCUT2D eigenvalue weighted by atomic mass is 9.85. The van der Waals surface area contributed by atoms with Crippen LogP contribution < -0.4 is 5.32 Å². The molecule has 0 heterocycles. The van der Waals surface area contributed by atoms with Crippen molar-refractivity contribution in [3.8, 4) is 0 Å². The zero-order chi connectivity index (χ0) is 11.5. The predicted octanol–water partition coefficient (Wildman–Crippen LogP) is 3.29. The highest BCUT2D eigenvalue weighted by molar-refractivity contribution is 9.10. The van der Waals surface area contributed by atoms with Gasteiger partial charge in [-0.25, -0.2) is 0 Å². The summed E-state index contributed by atoms with van der Waals surface area (Å²) in [5.41, 5.74) is 1.84. The molecule has 2 nitrogen and oxygen atoms in total. The van der Waals surface area contributed by atoms with Crippen LogP contribution in [0.3, 0.4) is 0 Å². The van der Waals surface area contributed by atoms with Crippen molar-refractivity contribution in [3.63, 3.8) is 0 Å². The molecule has 0 radical (unpaired) electrons. The molecule has 0 unspecified atom stereocenters. The molecule has 0 spiro atoms. The molecular weight excluding hydrogens is 266 g/mol. The van der Waals surface area contributed by atoms with Crippen molar-refractivity contribution in [3.05, 3.63) is 33.8 Å². The van der Waals surface area contributed by atoms with E-state index in [2.05, 4.69) is 21.2 Å². The average molecular weight is 282 g/mol. The highest BCUT2D eigenvalue weighted by Gasteiger charge is 2.18. The summed E-state index contributed by atoms with van der Waals surface area (Å²) in [6.07, 6.45) is 3.84. The maximum Gasteiger partial charge on any atom is 0.251 e. The van der Waals surface area contributed by atoms with Gasteiger partial charge in [-0.05, 0) is 49.4 Å². The number of hydrogen-bond donors (Lipinski definition) is 1. The minimum Gasteiger partial charge on any atom is -0.352 e. The first kappa shape index (κ1) is 11.6. The second-order valence-electron chi connectivity index (χ2n) is 4.52. The molecule has 0 bridgehead atoms. The minimum absolute atomic E-state index is 0.0382. The normalized spacial score (nSPS) is 15.6. The summed E-state index contributed by atoms with van der Waals surface area (Å²) in [6, 6.07) is 5.78. The van der Waals surface area contributed by atoms with Crippen molar-refractivity contribution < 1.29 is 4.79 Å². The van der Waals surface area contributed by atoms with Gasteiger partial charge in [0.1, 0.15) is 0 Å². The number of carbonyl (C=O) groups excluding carboxylic acids is 1. The van der Waals surface area contributed by atoms with Gasteiger partial charge >= 0.3 is 0 Å². The zero-order valence-electron chi connectivity index (χ0n) is 9.42. The molecule has 1 amide bonds. The SMILES string of the molecule is Cc1cc(Br)cc(C(=O)NCC2CCC2)c1. The summed E-state index contributed by atoms with van der Waals surface area (Å²) in [5.74, 6) is 0.744. The summed E-state index contributed by atoms with van der Waals surface area (Å²) in [4.78, 5) is 11.9. The monoisotopic (exact) mass is 281 g/mol. The van der Waals surface area contributed by atoms with Crippen LogP contribution in [0.25, 0.3) is 0 Å². The van der Waals surface area contributed by atoms with Crippen molar-refractivity contribution in [2.45, 2.75) is 26.2 Å². The molecule has 16 heavy (non-hydrogen) atoms. The fourth-order valence-corrected chi connectivity index (χ4v) is 2.51. The Morgan fingerprint density at radius 3 is 2.75 bits per heavy atom. The Balaban J connectivity index is 1.96. The first-order valence-electron chi connectivity index (χ1n) is 5.70. The van der Waals surface area contributed by atoms with Crippen molar-refractivity contribution in [1.82, 2.24) is 5.32 Å². The van der Waals surface area contributed by atoms with Crippen molar-refractivity contribution in [1.29, 1.82) is 0 Å². The van der Waals surface area contributed by atoms with E-state index in [1.165, 1.54) is 19.3 Å². The molecule has 0 atom stereocenters. The van der Waals surface area contributed by atoms with Gasteiger partial charge in [-0.3, -0.25) is 4.79 Å². The standard InChI is InChI=1S/C13H16BrNO/c1-9-5-11(7-12(14)6-9)13(16)15-8-10-3-2-4-10/h5-7,10H,2-4,8H2,1H3,(H,15,16). The van der Waals surface area contributed by atoms with E-state index in [9.17, 15) is 4.79 Å². The van der Waals surface area contributed by atoms with Gasteiger partial charge < -0.3 is 5.32 Å². The van der Waals surface area contributed by atoms with Crippen LogP contribution in [0.15, 0.2) is 22.7 Å². The molecule has 1 fully saturated rings. The van der Waals surface area contributed by atoms with Crippen LogP contribution >= 0.6 is 15.9 Å². The van der Waals surface area contributed by atoms with Crippen LogP contribution in [-0.2, 0) is 0 Å². The quantitative estimate of drug-likeness (QED) is 0.905. The molecule has 1 aromatic carbocycles. The molecular formula is C13H16BrNO. The maximum atomic E-state index is 11.9. The fraction of sp³-hybridized carbons (Fsp3) is 0.462. The highest BCUT2D eigenvalue weighted by Crippen LogP contribution is 2.25. The van der Waals surface area contributed by atoms with Gasteiger partial charge in [0.25, 0.3) is 5.91 Å². The number of carbonyl (C=O) groups is 1. The number of hydrogen-bond acceptors (Lipinski definition) is 1. The number of aryl methyl sites for hydroxylation is 1. The number of halogens is 1. The first-order valence-corrected chi connectivity index (χ1v) is 6.50. The summed E-state index contributed by atoms with van der Waals surface area (Å²) in [6.45, 7) is 2.82. The number of rotatable bonds is 3. The Kier molecular flexibility index (Phi) is 3.64. The smallest absolute Gasteiger partial charge is 0.251 e. The van der Waals surface area contributed by atoms with Gasteiger partial charge in [-0.2, -0.15) is 0 Å². The first-order chi connectivity index (χ1) is 7.65. The van der Waals surface area contributed by atoms with Crippen molar-refractivity contribution >= 4 is 21.8 Å². The lowest BCUT2D eigenvalue weighted by Crippen LogP contribution is -2.32. The van der Waals surface area contributed by atoms with Crippen molar-refractivity contribution in [2.24, 2.45) is 5.92 Å². The Morgan fingerprint density at radius 2 is 2.19 bits per heavy atom. The second kappa shape index (κ2) is 5.00. The van der Waals surface area contributed by atoms with E-state index in [1.54, 1.807) is 0 Å². The molecule has 0 aliphatic heterocycles. The largest absolute Gasteiger partial charge is 0.352 e. The third-order valence-electron chi connectivity index (χ3n) is 3.08.